The highest BCUT2D eigenvalue weighted by Crippen LogP contribution is 2.39. The summed E-state index contributed by atoms with van der Waals surface area (Å²) >= 11 is 0. The van der Waals surface area contributed by atoms with Crippen LogP contribution in [0.2, 0.25) is 0 Å². The Hall–Kier alpha value is -3.08. The van der Waals surface area contributed by atoms with Crippen LogP contribution in [0.3, 0.4) is 0 Å². The third-order valence-corrected chi connectivity index (χ3v) is 7.45. The zero-order chi connectivity index (χ0) is 26.6. The second-order valence-electron chi connectivity index (χ2n) is 11.6. The van der Waals surface area contributed by atoms with E-state index in [-0.39, 0.29) is 11.3 Å². The second-order valence-corrected chi connectivity index (χ2v) is 11.6. The van der Waals surface area contributed by atoms with Gasteiger partial charge in [-0.3, -0.25) is 9.69 Å². The Bertz CT molecular complexity index is 1220. The third kappa shape index (κ3) is 6.63. The van der Waals surface area contributed by atoms with Crippen LogP contribution in [0.4, 0.5) is 5.82 Å². The van der Waals surface area contributed by atoms with Gasteiger partial charge >= 0.3 is 0 Å². The smallest absolute Gasteiger partial charge is 0.228 e. The molecule has 1 heterocycles. The van der Waals surface area contributed by atoms with Crippen LogP contribution in [0.5, 0.6) is 11.5 Å². The summed E-state index contributed by atoms with van der Waals surface area (Å²) in [4.78, 5) is 20.3. The molecule has 37 heavy (non-hydrogen) atoms. The van der Waals surface area contributed by atoms with Gasteiger partial charge in [0.05, 0.1) is 13.7 Å². The first-order chi connectivity index (χ1) is 17.7. The van der Waals surface area contributed by atoms with Crippen LogP contribution < -0.4 is 14.4 Å². The van der Waals surface area contributed by atoms with Gasteiger partial charge in [0.2, 0.25) is 5.91 Å². The van der Waals surface area contributed by atoms with E-state index in [9.17, 15) is 4.79 Å². The van der Waals surface area contributed by atoms with Gasteiger partial charge in [-0.1, -0.05) is 32.9 Å². The number of aromatic nitrogens is 1. The predicted molar refractivity (Wildman–Crippen MR) is 152 cm³/mol. The van der Waals surface area contributed by atoms with E-state index in [1.165, 1.54) is 11.1 Å². The van der Waals surface area contributed by atoms with Crippen molar-refractivity contribution < 1.29 is 14.3 Å². The van der Waals surface area contributed by atoms with Crippen molar-refractivity contribution in [2.75, 3.05) is 25.2 Å². The first-order valence-corrected chi connectivity index (χ1v) is 13.6. The van der Waals surface area contributed by atoms with Crippen molar-refractivity contribution in [3.8, 4) is 11.5 Å². The molecule has 0 aliphatic heterocycles. The summed E-state index contributed by atoms with van der Waals surface area (Å²) < 4.78 is 11.2. The molecule has 1 aromatic heterocycles. The SMILES string of the molecule is CCOc1ccc(C2CCC(CN(C(=O)CC(C)(C)C)c3nccc4cc(OC)ccc34)CC2)cc1C. The number of nitrogens with zero attached hydrogens (tertiary/aromatic N) is 2. The highest BCUT2D eigenvalue weighted by Gasteiger charge is 2.30. The lowest BCUT2D eigenvalue weighted by atomic mass is 9.78. The summed E-state index contributed by atoms with van der Waals surface area (Å²) in [5, 5.41) is 2.02. The van der Waals surface area contributed by atoms with Crippen LogP contribution in [-0.2, 0) is 4.79 Å². The summed E-state index contributed by atoms with van der Waals surface area (Å²) in [7, 11) is 1.67. The number of carbonyl (C=O) groups is 1. The molecule has 5 nitrogen and oxygen atoms in total. The molecule has 0 radical (unpaired) electrons. The molecule has 1 amide bonds. The number of ether oxygens (including phenoxy) is 2. The minimum Gasteiger partial charge on any atom is -0.497 e. The minimum atomic E-state index is -0.0910. The Labute approximate surface area is 222 Å². The molecule has 0 atom stereocenters. The van der Waals surface area contributed by atoms with Gasteiger partial charge < -0.3 is 9.47 Å². The molecule has 1 aliphatic rings. The number of pyridine rings is 1. The first-order valence-electron chi connectivity index (χ1n) is 13.6. The van der Waals surface area contributed by atoms with E-state index in [2.05, 4.69) is 45.9 Å². The van der Waals surface area contributed by atoms with E-state index in [0.717, 1.165) is 53.8 Å². The van der Waals surface area contributed by atoms with Gasteiger partial charge in [0.15, 0.2) is 0 Å². The predicted octanol–water partition coefficient (Wildman–Crippen LogP) is 7.69. The van der Waals surface area contributed by atoms with Gasteiger partial charge in [-0.05, 0) is 104 Å². The summed E-state index contributed by atoms with van der Waals surface area (Å²) in [6.45, 7) is 11.9. The van der Waals surface area contributed by atoms with Crippen molar-refractivity contribution in [2.24, 2.45) is 11.3 Å². The van der Waals surface area contributed by atoms with Gasteiger partial charge in [0.1, 0.15) is 17.3 Å². The highest BCUT2D eigenvalue weighted by molar-refractivity contribution is 6.02. The average molecular weight is 503 g/mol. The van der Waals surface area contributed by atoms with E-state index in [4.69, 9.17) is 14.5 Å². The molecule has 2 aromatic carbocycles. The number of amides is 1. The molecule has 1 saturated carbocycles. The van der Waals surface area contributed by atoms with E-state index < -0.39 is 0 Å². The van der Waals surface area contributed by atoms with Gasteiger partial charge in [-0.15, -0.1) is 0 Å². The number of hydrogen-bond donors (Lipinski definition) is 0. The molecule has 3 aromatic rings. The number of aryl methyl sites for hydroxylation is 1. The van der Waals surface area contributed by atoms with Crippen LogP contribution in [0.1, 0.15) is 76.8 Å². The first kappa shape index (κ1) is 27.0. The molecule has 1 aliphatic carbocycles. The van der Waals surface area contributed by atoms with Crippen LogP contribution >= 0.6 is 0 Å². The molecule has 0 unspecified atom stereocenters. The van der Waals surface area contributed by atoms with Crippen molar-refractivity contribution in [1.29, 1.82) is 0 Å². The van der Waals surface area contributed by atoms with E-state index in [1.807, 2.05) is 36.1 Å². The standard InChI is InChI=1S/C32H42N2O3/c1-7-37-29-15-12-25(18-22(29)2)24-10-8-23(9-11-24)21-34(30(35)20-32(3,4)5)31-28-14-13-27(36-6)19-26(28)16-17-33-31/h12-19,23-24H,7-11,20-21H2,1-6H3. The fourth-order valence-electron chi connectivity index (χ4n) is 5.52. The number of fused-ring (bicyclic) bond motifs is 1. The molecule has 0 saturated heterocycles. The number of carbonyl (C=O) groups excluding carboxylic acids is 1. The molecule has 1 fully saturated rings. The number of hydrogen-bond acceptors (Lipinski definition) is 4. The average Bonchev–Trinajstić information content (AvgIpc) is 2.87. The van der Waals surface area contributed by atoms with Crippen LogP contribution in [-0.4, -0.2) is 31.2 Å². The number of benzene rings is 2. The van der Waals surface area contributed by atoms with Crippen molar-refractivity contribution in [3.63, 3.8) is 0 Å². The maximum absolute atomic E-state index is 13.7. The maximum atomic E-state index is 13.7. The Balaban J connectivity index is 1.53. The van der Waals surface area contributed by atoms with Gasteiger partial charge in [0, 0.05) is 24.5 Å². The lowest BCUT2D eigenvalue weighted by molar-refractivity contribution is -0.120. The Morgan fingerprint density at radius 3 is 2.46 bits per heavy atom. The van der Waals surface area contributed by atoms with Crippen molar-refractivity contribution in [3.05, 3.63) is 59.8 Å². The van der Waals surface area contributed by atoms with Gasteiger partial charge in [-0.2, -0.15) is 0 Å². The second kappa shape index (κ2) is 11.5. The fraction of sp³-hybridized carbons (Fsp3) is 0.500. The van der Waals surface area contributed by atoms with Crippen molar-refractivity contribution >= 4 is 22.5 Å². The quantitative estimate of drug-likeness (QED) is 0.317. The molecule has 4 rings (SSSR count). The Kier molecular flexibility index (Phi) is 8.41. The lowest BCUT2D eigenvalue weighted by Gasteiger charge is -2.34. The molecule has 0 spiro atoms. The monoisotopic (exact) mass is 502 g/mol. The summed E-state index contributed by atoms with van der Waals surface area (Å²) in [6.07, 6.45) is 6.78. The number of rotatable bonds is 8. The van der Waals surface area contributed by atoms with Crippen LogP contribution in [0, 0.1) is 18.3 Å². The number of methoxy groups -OCH3 is 1. The van der Waals surface area contributed by atoms with Crippen molar-refractivity contribution in [1.82, 2.24) is 4.98 Å². The Morgan fingerprint density at radius 1 is 1.05 bits per heavy atom. The normalized spacial score (nSPS) is 18.0. The van der Waals surface area contributed by atoms with E-state index >= 15 is 0 Å². The molecule has 0 bridgehead atoms. The van der Waals surface area contributed by atoms with E-state index in [1.54, 1.807) is 13.3 Å². The summed E-state index contributed by atoms with van der Waals surface area (Å²) in [5.74, 6) is 3.71. The lowest BCUT2D eigenvalue weighted by Crippen LogP contribution is -2.39. The van der Waals surface area contributed by atoms with E-state index in [0.29, 0.717) is 31.4 Å². The van der Waals surface area contributed by atoms with Crippen LogP contribution in [0.25, 0.3) is 10.8 Å². The molecular weight excluding hydrogens is 460 g/mol. The Morgan fingerprint density at radius 2 is 1.81 bits per heavy atom. The highest BCUT2D eigenvalue weighted by atomic mass is 16.5. The molecule has 198 valence electrons. The van der Waals surface area contributed by atoms with Crippen LogP contribution in [0.15, 0.2) is 48.7 Å². The fourth-order valence-corrected chi connectivity index (χ4v) is 5.52. The molecule has 5 heteroatoms. The maximum Gasteiger partial charge on any atom is 0.228 e. The summed E-state index contributed by atoms with van der Waals surface area (Å²) in [5.41, 5.74) is 2.52. The zero-order valence-corrected chi connectivity index (χ0v) is 23.3. The summed E-state index contributed by atoms with van der Waals surface area (Å²) in [6, 6.07) is 14.6. The minimum absolute atomic E-state index is 0.0910. The molecular formula is C32H42N2O3. The van der Waals surface area contributed by atoms with Crippen molar-refractivity contribution in [2.45, 2.75) is 72.6 Å². The van der Waals surface area contributed by atoms with Gasteiger partial charge in [-0.25, -0.2) is 4.98 Å². The third-order valence-electron chi connectivity index (χ3n) is 7.45. The topological polar surface area (TPSA) is 51.7 Å². The number of anilines is 1. The van der Waals surface area contributed by atoms with Gasteiger partial charge in [0.25, 0.3) is 0 Å². The zero-order valence-electron chi connectivity index (χ0n) is 23.3. The largest absolute Gasteiger partial charge is 0.497 e. The molecule has 0 N–H and O–H groups in total.